The van der Waals surface area contributed by atoms with E-state index in [9.17, 15) is 4.79 Å². The Morgan fingerprint density at radius 3 is 0.909 bits per heavy atom. The Kier molecular flexibility index (Phi) is 303. The molecule has 0 fully saturated rings. The predicted molar refractivity (Wildman–Crippen MR) is 60.8 cm³/mol. The maximum absolute atomic E-state index is 9.70. The number of rotatable bonds is 0. The van der Waals surface area contributed by atoms with Crippen molar-refractivity contribution in [2.45, 2.75) is 19.6 Å². The second-order valence-corrected chi connectivity index (χ2v) is 7.39. The van der Waals surface area contributed by atoms with E-state index in [4.69, 9.17) is 27.9 Å². The molecule has 0 unspecified atom stereocenters. The minimum absolute atomic E-state index is 0. The third-order valence-corrected chi connectivity index (χ3v) is 1.40. The molecule has 0 spiro atoms. The first-order valence-corrected chi connectivity index (χ1v) is 7.25. The summed E-state index contributed by atoms with van der Waals surface area (Å²) in [7, 11) is -1.27. The fourth-order valence-corrected chi connectivity index (χ4v) is 0.738. The zero-order valence-electron chi connectivity index (χ0n) is 11.6. The average molecular weight is 412 g/mol. The van der Waals surface area contributed by atoms with Crippen molar-refractivity contribution in [3.8, 4) is 11.5 Å². The zero-order chi connectivity index (χ0) is 18.6. The molecule has 0 rings (SSSR count). The smallest absolute Gasteiger partial charge is 0 e. The van der Waals surface area contributed by atoms with Crippen LogP contribution in [0.4, 0.5) is 0 Å². The van der Waals surface area contributed by atoms with Gasteiger partial charge in [0.25, 0.3) is 0 Å². The van der Waals surface area contributed by atoms with Gasteiger partial charge in [-0.25, -0.2) is 0 Å². The van der Waals surface area contributed by atoms with Crippen LogP contribution in [0.2, 0.25) is 19.6 Å². The van der Waals surface area contributed by atoms with Gasteiger partial charge in [-0.15, -0.1) is 5.54 Å². The molecule has 0 aliphatic carbocycles. The Morgan fingerprint density at radius 1 is 0.682 bits per heavy atom. The van der Waals surface area contributed by atoms with E-state index < -0.39 is 8.07 Å². The third kappa shape index (κ3) is 398. The van der Waals surface area contributed by atoms with Gasteiger partial charge in [0.05, 0.1) is 0 Å². The van der Waals surface area contributed by atoms with Gasteiger partial charge >= 0.3 is 67.8 Å². The van der Waals surface area contributed by atoms with Gasteiger partial charge in [0.1, 0.15) is 8.07 Å². The first-order chi connectivity index (χ1) is 9.56. The summed E-state index contributed by atoms with van der Waals surface area (Å²) in [5.41, 5.74) is 2.89. The molecule has 0 amide bonds. The van der Waals surface area contributed by atoms with E-state index in [1.54, 1.807) is 0 Å². The number of hydrogen-bond acceptors (Lipinski definition) is 1. The van der Waals surface area contributed by atoms with Crippen LogP contribution in [-0.4, -0.2) is 14.4 Å². The predicted octanol–water partition coefficient (Wildman–Crippen LogP) is 0.836. The number of hydrogen-bond donors (Lipinski definition) is 0. The molecule has 7 nitrogen and oxygen atoms in total. The van der Waals surface area contributed by atoms with E-state index in [1.807, 2.05) is 0 Å². The Bertz CT molecular complexity index is 305. The van der Waals surface area contributed by atoms with E-state index in [-0.39, 0.29) is 33.6 Å². The molecule has 0 aromatic rings. The molecule has 0 bridgehead atoms. The molecular weight excluding hydrogens is 402 g/mol. The molecule has 0 N–H and O–H groups in total. The fraction of sp³-hybridized carbons (Fsp3) is 0.250. The Hall–Kier alpha value is -1.10. The Labute approximate surface area is 151 Å². The molecule has 10 heteroatoms. The largest absolute Gasteiger partial charge is 0 e. The van der Waals surface area contributed by atoms with E-state index in [2.05, 4.69) is 71.0 Å². The van der Waals surface area contributed by atoms with E-state index in [0.29, 0.717) is 6.29 Å². The first kappa shape index (κ1) is 58.4. The van der Waals surface area contributed by atoms with Crippen LogP contribution in [0.1, 0.15) is 0 Å². The minimum Gasteiger partial charge on any atom is 0 e. The van der Waals surface area contributed by atoms with Crippen LogP contribution in [-0.2, 0) is 66.3 Å². The number of carbonyl (C=O) groups excluding carboxylic acids is 1. The van der Waals surface area contributed by atoms with Gasteiger partial charge in [-0.1, -0.05) is 19.6 Å². The molecule has 0 atom stereocenters. The van der Waals surface area contributed by atoms with E-state index >= 15 is 0 Å². The summed E-state index contributed by atoms with van der Waals surface area (Å²) < 4.78 is 45.0. The van der Waals surface area contributed by atoms with Crippen molar-refractivity contribution in [3.63, 3.8) is 0 Å². The van der Waals surface area contributed by atoms with Crippen molar-refractivity contribution in [3.05, 3.63) is 39.9 Å². The van der Waals surface area contributed by atoms with Crippen LogP contribution in [0.5, 0.6) is 0 Å². The molecule has 0 aromatic carbocycles. The summed E-state index contributed by atoms with van der Waals surface area (Å²) in [5.74, 6) is 2.42. The fourth-order valence-electron chi connectivity index (χ4n) is 0.246. The van der Waals surface area contributed by atoms with Crippen molar-refractivity contribution < 1.29 is 66.3 Å². The SMILES string of the molecule is C[Si](C)(C)C#CC=O.[C-]#[O+].[C-]#[O+].[C-]#[O+].[C-]#[O+].[C-]#[O+].[C-]#[O+].[Co].[Co]. The van der Waals surface area contributed by atoms with Crippen LogP contribution in [0, 0.1) is 51.4 Å². The van der Waals surface area contributed by atoms with Crippen molar-refractivity contribution in [1.29, 1.82) is 0 Å². The average Bonchev–Trinajstić information content (AvgIpc) is 2.56. The summed E-state index contributed by atoms with van der Waals surface area (Å²) in [6.07, 6.45) is 0.651. The Morgan fingerprint density at radius 2 is 0.864 bits per heavy atom. The van der Waals surface area contributed by atoms with Gasteiger partial charge in [-0.2, -0.15) is 0 Å². The summed E-state index contributed by atoms with van der Waals surface area (Å²) >= 11 is 0. The second-order valence-electron chi connectivity index (χ2n) is 2.64. The molecule has 2 radical (unpaired) electrons. The molecular formula is C12H10Co2O7Si. The maximum atomic E-state index is 9.70. The molecule has 0 aliphatic rings. The second kappa shape index (κ2) is 114. The van der Waals surface area contributed by atoms with Crippen LogP contribution in [0.25, 0.3) is 0 Å². The van der Waals surface area contributed by atoms with Gasteiger partial charge in [0, 0.05) is 33.6 Å². The summed E-state index contributed by atoms with van der Waals surface area (Å²) in [4.78, 5) is 9.70. The monoisotopic (exact) mass is 412 g/mol. The van der Waals surface area contributed by atoms with E-state index in [1.165, 1.54) is 0 Å². The van der Waals surface area contributed by atoms with Gasteiger partial charge in [-0.3, -0.25) is 4.79 Å². The summed E-state index contributed by atoms with van der Waals surface area (Å²) in [5, 5.41) is 0. The first-order valence-electron chi connectivity index (χ1n) is 3.75. The molecule has 122 valence electrons. The standard InChI is InChI=1S/C6H10OSi.6CO.2Co/c1-8(2,3)6-4-5-7;6*1-2;;/h5H,1-3H3;;;;;;;;. The Balaban J connectivity index is -0.0000000149. The van der Waals surface area contributed by atoms with Gasteiger partial charge < -0.3 is 0 Å². The molecule has 0 aromatic heterocycles. The van der Waals surface area contributed by atoms with Crippen LogP contribution < -0.4 is 0 Å². The maximum Gasteiger partial charge on any atom is 0 e. The third-order valence-electron chi connectivity index (χ3n) is 0.506. The molecule has 0 saturated carbocycles. The van der Waals surface area contributed by atoms with Gasteiger partial charge in [0.15, 0.2) is 6.29 Å². The normalized spacial score (nSPS) is 3.95. The van der Waals surface area contributed by atoms with Gasteiger partial charge in [0.2, 0.25) is 0 Å². The quantitative estimate of drug-likeness (QED) is 0.188. The van der Waals surface area contributed by atoms with Crippen molar-refractivity contribution in [2.75, 3.05) is 0 Å². The minimum atomic E-state index is -1.27. The van der Waals surface area contributed by atoms with Crippen molar-refractivity contribution >= 4 is 14.4 Å². The van der Waals surface area contributed by atoms with Crippen LogP contribution >= 0.6 is 0 Å². The van der Waals surface area contributed by atoms with Crippen LogP contribution in [0.15, 0.2) is 0 Å². The van der Waals surface area contributed by atoms with Crippen molar-refractivity contribution in [2.24, 2.45) is 0 Å². The molecule has 0 heterocycles. The van der Waals surface area contributed by atoms with E-state index in [0.717, 1.165) is 0 Å². The van der Waals surface area contributed by atoms with Crippen molar-refractivity contribution in [1.82, 2.24) is 0 Å². The molecule has 22 heavy (non-hydrogen) atoms. The van der Waals surface area contributed by atoms with Gasteiger partial charge in [-0.05, 0) is 5.92 Å². The van der Waals surface area contributed by atoms with Crippen LogP contribution in [0.3, 0.4) is 0 Å². The number of carbonyl (C=O) groups is 1. The topological polar surface area (TPSA) is 136 Å². The number of aldehydes is 1. The summed E-state index contributed by atoms with van der Waals surface area (Å²) in [6.45, 7) is 33.3. The zero-order valence-corrected chi connectivity index (χ0v) is 14.7. The molecule has 0 aliphatic heterocycles. The summed E-state index contributed by atoms with van der Waals surface area (Å²) in [6, 6.07) is 0. The molecule has 0 saturated heterocycles.